The SMILES string of the molecule is CCOC(=O)C1=C(C)N=c2sc(=Cc3ccc(N(CC)CC)o3)c(=O)n2C1c1cc(OC)c(OC)cc1Br. The summed E-state index contributed by atoms with van der Waals surface area (Å²) in [4.78, 5) is 34.2. The summed E-state index contributed by atoms with van der Waals surface area (Å²) in [5, 5.41) is 0. The molecule has 0 fully saturated rings. The van der Waals surface area contributed by atoms with E-state index >= 15 is 0 Å². The van der Waals surface area contributed by atoms with Gasteiger partial charge < -0.3 is 23.5 Å². The summed E-state index contributed by atoms with van der Waals surface area (Å²) in [7, 11) is 3.08. The number of ether oxygens (including phenoxy) is 3. The van der Waals surface area contributed by atoms with Crippen LogP contribution in [0.1, 0.15) is 45.1 Å². The minimum absolute atomic E-state index is 0.188. The molecule has 1 unspecified atom stereocenters. The van der Waals surface area contributed by atoms with E-state index < -0.39 is 12.0 Å². The molecule has 9 nitrogen and oxygen atoms in total. The van der Waals surface area contributed by atoms with Gasteiger partial charge in [0, 0.05) is 29.7 Å². The van der Waals surface area contributed by atoms with Crippen LogP contribution in [0, 0.1) is 0 Å². The second-order valence-corrected chi connectivity index (χ2v) is 10.2. The zero-order valence-corrected chi connectivity index (χ0v) is 24.6. The van der Waals surface area contributed by atoms with Gasteiger partial charge in [0.15, 0.2) is 22.2 Å². The van der Waals surface area contributed by atoms with Crippen molar-refractivity contribution in [3.05, 3.63) is 71.0 Å². The number of aromatic nitrogens is 1. The van der Waals surface area contributed by atoms with Gasteiger partial charge in [-0.3, -0.25) is 9.36 Å². The highest BCUT2D eigenvalue weighted by atomic mass is 79.9. The molecule has 0 spiro atoms. The van der Waals surface area contributed by atoms with Crippen LogP contribution >= 0.6 is 27.3 Å². The van der Waals surface area contributed by atoms with Gasteiger partial charge in [-0.1, -0.05) is 27.3 Å². The number of hydrogen-bond acceptors (Lipinski definition) is 9. The Bertz CT molecular complexity index is 1560. The first-order valence-corrected chi connectivity index (χ1v) is 13.8. The number of esters is 1. The van der Waals surface area contributed by atoms with Crippen LogP contribution in [0.2, 0.25) is 0 Å². The standard InChI is InChI=1S/C27H30BrN3O6S/c1-7-30(8-2)22-11-10-16(37-22)12-21-25(32)31-24(17-13-19(34-5)20(35-6)14-18(17)28)23(26(33)36-9-3)15(4)29-27(31)38-21/h10-14,24H,7-9H2,1-6H3. The molecular weight excluding hydrogens is 574 g/mol. The highest BCUT2D eigenvalue weighted by Gasteiger charge is 2.35. The van der Waals surface area contributed by atoms with Gasteiger partial charge in [0.2, 0.25) is 0 Å². The van der Waals surface area contributed by atoms with Crippen LogP contribution in [-0.2, 0) is 9.53 Å². The maximum atomic E-state index is 13.9. The van der Waals surface area contributed by atoms with Crippen LogP contribution in [0.15, 0.2) is 54.2 Å². The number of furan rings is 1. The summed E-state index contributed by atoms with van der Waals surface area (Å²) in [5.74, 6) is 1.73. The van der Waals surface area contributed by atoms with E-state index in [1.165, 1.54) is 23.0 Å². The largest absolute Gasteiger partial charge is 0.493 e. The molecule has 202 valence electrons. The molecular formula is C27H30BrN3O6S. The number of methoxy groups -OCH3 is 2. The second kappa shape index (κ2) is 11.6. The molecule has 0 saturated heterocycles. The number of carbonyl (C=O) groups excluding carboxylic acids is 1. The third-order valence-corrected chi connectivity index (χ3v) is 7.95. The Morgan fingerprint density at radius 2 is 1.87 bits per heavy atom. The van der Waals surface area contributed by atoms with Crippen LogP contribution in [0.5, 0.6) is 11.5 Å². The molecule has 11 heteroatoms. The van der Waals surface area contributed by atoms with Gasteiger partial charge in [-0.25, -0.2) is 9.79 Å². The Balaban J connectivity index is 1.94. The van der Waals surface area contributed by atoms with Crippen molar-refractivity contribution in [1.82, 2.24) is 4.57 Å². The highest BCUT2D eigenvalue weighted by Crippen LogP contribution is 2.40. The predicted molar refractivity (Wildman–Crippen MR) is 150 cm³/mol. The first-order chi connectivity index (χ1) is 18.3. The summed E-state index contributed by atoms with van der Waals surface area (Å²) < 4.78 is 24.9. The van der Waals surface area contributed by atoms with E-state index in [-0.39, 0.29) is 17.7 Å². The average Bonchev–Trinajstić information content (AvgIpc) is 3.48. The maximum absolute atomic E-state index is 13.9. The molecule has 0 saturated carbocycles. The fourth-order valence-electron chi connectivity index (χ4n) is 4.42. The van der Waals surface area contributed by atoms with E-state index in [2.05, 4.69) is 39.7 Å². The minimum atomic E-state index is -0.801. The second-order valence-electron chi connectivity index (χ2n) is 8.38. The average molecular weight is 605 g/mol. The highest BCUT2D eigenvalue weighted by molar-refractivity contribution is 9.10. The van der Waals surface area contributed by atoms with Crippen molar-refractivity contribution in [1.29, 1.82) is 0 Å². The van der Waals surface area contributed by atoms with Gasteiger partial charge >= 0.3 is 5.97 Å². The number of anilines is 1. The molecule has 1 aromatic carbocycles. The Kier molecular flexibility index (Phi) is 8.47. The molecule has 2 aromatic heterocycles. The third-order valence-electron chi connectivity index (χ3n) is 6.28. The van der Waals surface area contributed by atoms with Crippen molar-refractivity contribution < 1.29 is 23.4 Å². The first kappa shape index (κ1) is 27.7. The van der Waals surface area contributed by atoms with E-state index in [0.717, 1.165) is 19.0 Å². The van der Waals surface area contributed by atoms with Crippen LogP contribution in [0.3, 0.4) is 0 Å². The number of rotatable bonds is 9. The number of fused-ring (bicyclic) bond motifs is 1. The van der Waals surface area contributed by atoms with Gasteiger partial charge in [-0.15, -0.1) is 0 Å². The molecule has 0 bridgehead atoms. The lowest BCUT2D eigenvalue weighted by Crippen LogP contribution is -2.40. The molecule has 0 amide bonds. The maximum Gasteiger partial charge on any atom is 0.338 e. The van der Waals surface area contributed by atoms with Crippen molar-refractivity contribution in [3.63, 3.8) is 0 Å². The van der Waals surface area contributed by atoms with Crippen molar-refractivity contribution in [2.75, 3.05) is 38.8 Å². The summed E-state index contributed by atoms with van der Waals surface area (Å²) in [6.45, 7) is 9.39. The number of halogens is 1. The van der Waals surface area contributed by atoms with E-state index in [4.69, 9.17) is 18.6 Å². The first-order valence-electron chi connectivity index (χ1n) is 12.2. The zero-order chi connectivity index (χ0) is 27.6. The minimum Gasteiger partial charge on any atom is -0.493 e. The molecule has 3 aromatic rings. The van der Waals surface area contributed by atoms with E-state index in [0.29, 0.717) is 42.3 Å². The number of carbonyl (C=O) groups is 1. The number of benzene rings is 1. The Morgan fingerprint density at radius 3 is 2.50 bits per heavy atom. The summed E-state index contributed by atoms with van der Waals surface area (Å²) in [5.41, 5.74) is 1.09. The predicted octanol–water partition coefficient (Wildman–Crippen LogP) is 4.02. The molecule has 0 radical (unpaired) electrons. The molecule has 1 aliphatic rings. The Morgan fingerprint density at radius 1 is 1.18 bits per heavy atom. The molecule has 4 rings (SSSR count). The molecule has 3 heterocycles. The van der Waals surface area contributed by atoms with Gasteiger partial charge in [-0.05, 0) is 51.5 Å². The Hall–Kier alpha value is -3.31. The van der Waals surface area contributed by atoms with Crippen molar-refractivity contribution in [2.45, 2.75) is 33.7 Å². The lowest BCUT2D eigenvalue weighted by Gasteiger charge is -2.26. The summed E-state index contributed by atoms with van der Waals surface area (Å²) in [6.07, 6.45) is 1.71. The van der Waals surface area contributed by atoms with Gasteiger partial charge in [0.05, 0.1) is 42.7 Å². The van der Waals surface area contributed by atoms with Crippen molar-refractivity contribution in [3.8, 4) is 11.5 Å². The smallest absolute Gasteiger partial charge is 0.338 e. The third kappa shape index (κ3) is 5.04. The van der Waals surface area contributed by atoms with Crippen LogP contribution < -0.4 is 29.3 Å². The topological polar surface area (TPSA) is 95.5 Å². The number of thiazole rings is 1. The van der Waals surface area contributed by atoms with Gasteiger partial charge in [0.1, 0.15) is 5.76 Å². The molecule has 1 aliphatic heterocycles. The quantitative estimate of drug-likeness (QED) is 0.341. The summed E-state index contributed by atoms with van der Waals surface area (Å²) >= 11 is 4.84. The monoisotopic (exact) mass is 603 g/mol. The van der Waals surface area contributed by atoms with Crippen LogP contribution in [-0.4, -0.2) is 44.5 Å². The van der Waals surface area contributed by atoms with Crippen molar-refractivity contribution in [2.24, 2.45) is 4.99 Å². The normalized spacial score (nSPS) is 15.2. The molecule has 0 aliphatic carbocycles. The number of nitrogens with zero attached hydrogens (tertiary/aromatic N) is 3. The van der Waals surface area contributed by atoms with Crippen molar-refractivity contribution >= 4 is 45.2 Å². The zero-order valence-electron chi connectivity index (χ0n) is 22.2. The van der Waals surface area contributed by atoms with Gasteiger partial charge in [-0.2, -0.15) is 0 Å². The van der Waals surface area contributed by atoms with E-state index in [9.17, 15) is 9.59 Å². The molecule has 38 heavy (non-hydrogen) atoms. The fourth-order valence-corrected chi connectivity index (χ4v) is 5.99. The molecule has 0 N–H and O–H groups in total. The van der Waals surface area contributed by atoms with Crippen LogP contribution in [0.25, 0.3) is 6.08 Å². The Labute approximate surface area is 232 Å². The number of hydrogen-bond donors (Lipinski definition) is 0. The van der Waals surface area contributed by atoms with Crippen LogP contribution in [0.4, 0.5) is 5.88 Å². The summed E-state index contributed by atoms with van der Waals surface area (Å²) in [6, 6.07) is 6.43. The lowest BCUT2D eigenvalue weighted by atomic mass is 9.95. The van der Waals surface area contributed by atoms with Gasteiger partial charge in [0.25, 0.3) is 5.56 Å². The number of allylic oxidation sites excluding steroid dienone is 1. The molecule has 1 atom stereocenters. The lowest BCUT2D eigenvalue weighted by molar-refractivity contribution is -0.139. The van der Waals surface area contributed by atoms with E-state index in [1.807, 2.05) is 12.1 Å². The van der Waals surface area contributed by atoms with E-state index in [1.54, 1.807) is 39.2 Å². The fraction of sp³-hybridized carbons (Fsp3) is 0.370.